The van der Waals surface area contributed by atoms with Crippen LogP contribution in [0.3, 0.4) is 0 Å². The number of carbonyl (C=O) groups excluding carboxylic acids is 3. The highest BCUT2D eigenvalue weighted by Crippen LogP contribution is 2.31. The van der Waals surface area contributed by atoms with E-state index in [-0.39, 0.29) is 22.8 Å². The fourth-order valence-corrected chi connectivity index (χ4v) is 5.11. The van der Waals surface area contributed by atoms with Crippen LogP contribution in [0.1, 0.15) is 53.0 Å². The van der Waals surface area contributed by atoms with Gasteiger partial charge in [0, 0.05) is 43.8 Å². The van der Waals surface area contributed by atoms with Gasteiger partial charge in [-0.15, -0.1) is 0 Å². The minimum absolute atomic E-state index is 0.00145. The average molecular weight is 521 g/mol. The molecule has 1 saturated heterocycles. The number of hydrogen-bond acceptors (Lipinski definition) is 6. The fraction of sp³-hybridized carbons (Fsp3) is 0.414. The predicted molar refractivity (Wildman–Crippen MR) is 145 cm³/mol. The fourth-order valence-electron chi connectivity index (χ4n) is 5.11. The van der Waals surface area contributed by atoms with Gasteiger partial charge in [0.05, 0.1) is 16.6 Å². The third kappa shape index (κ3) is 6.23. The van der Waals surface area contributed by atoms with E-state index in [0.717, 1.165) is 32.4 Å². The van der Waals surface area contributed by atoms with E-state index in [1.165, 1.54) is 23.9 Å². The lowest BCUT2D eigenvalue weighted by Gasteiger charge is -2.32. The van der Waals surface area contributed by atoms with Crippen molar-refractivity contribution < 1.29 is 24.5 Å². The van der Waals surface area contributed by atoms with E-state index in [1.807, 2.05) is 32.0 Å². The molecule has 3 aromatic rings. The second kappa shape index (κ2) is 12.7. The van der Waals surface area contributed by atoms with E-state index in [2.05, 4.69) is 32.2 Å². The van der Waals surface area contributed by atoms with Crippen molar-refractivity contribution in [2.24, 2.45) is 5.92 Å². The first-order valence-corrected chi connectivity index (χ1v) is 13.3. The van der Waals surface area contributed by atoms with E-state index in [9.17, 15) is 19.6 Å². The highest BCUT2D eigenvalue weighted by Gasteiger charge is 2.28. The number of hydrogen-bond donors (Lipinski definition) is 3. The molecule has 0 bridgehead atoms. The molecule has 0 unspecified atom stereocenters. The Labute approximate surface area is 222 Å². The first-order chi connectivity index (χ1) is 18.4. The monoisotopic (exact) mass is 520 g/mol. The number of aromatic nitrogens is 1. The van der Waals surface area contributed by atoms with E-state index >= 15 is 0 Å². The first-order valence-electron chi connectivity index (χ1n) is 13.3. The molecule has 9 heteroatoms. The minimum atomic E-state index is -0.700. The quantitative estimate of drug-likeness (QED) is 0.154. The lowest BCUT2D eigenvalue weighted by Crippen LogP contribution is -2.39. The molecule has 2 aromatic carbocycles. The van der Waals surface area contributed by atoms with Crippen LogP contribution in [0, 0.1) is 5.92 Å². The molecule has 38 heavy (non-hydrogen) atoms. The number of nitrogens with zero attached hydrogens (tertiary/aromatic N) is 2. The van der Waals surface area contributed by atoms with Crippen LogP contribution < -0.4 is 10.2 Å². The Morgan fingerprint density at radius 3 is 2.45 bits per heavy atom. The highest BCUT2D eigenvalue weighted by atomic mass is 17.1. The third-order valence-electron chi connectivity index (χ3n) is 7.44. The number of ketones is 1. The number of amides is 2. The number of rotatable bonds is 11. The van der Waals surface area contributed by atoms with Crippen LogP contribution in [0.4, 0.5) is 0 Å². The molecule has 9 nitrogen and oxygen atoms in total. The van der Waals surface area contributed by atoms with Crippen molar-refractivity contribution >= 4 is 28.5 Å². The van der Waals surface area contributed by atoms with Crippen LogP contribution in [0.5, 0.6) is 5.75 Å². The van der Waals surface area contributed by atoms with Crippen molar-refractivity contribution in [1.82, 2.24) is 20.1 Å². The molecule has 2 heterocycles. The van der Waals surface area contributed by atoms with Crippen molar-refractivity contribution in [2.75, 3.05) is 39.3 Å². The van der Waals surface area contributed by atoms with Gasteiger partial charge < -0.3 is 25.0 Å². The van der Waals surface area contributed by atoms with Gasteiger partial charge in [-0.25, -0.2) is 5.26 Å². The van der Waals surface area contributed by atoms with Crippen molar-refractivity contribution in [3.05, 3.63) is 65.4 Å². The van der Waals surface area contributed by atoms with Crippen LogP contribution in [0.25, 0.3) is 10.9 Å². The summed E-state index contributed by atoms with van der Waals surface area (Å²) >= 11 is 0. The van der Waals surface area contributed by atoms with Gasteiger partial charge in [-0.05, 0) is 49.9 Å². The maximum atomic E-state index is 13.4. The molecule has 1 aromatic heterocycles. The van der Waals surface area contributed by atoms with Gasteiger partial charge in [0.25, 0.3) is 17.6 Å². The largest absolute Gasteiger partial charge is 0.360 e. The molecule has 2 amide bonds. The Morgan fingerprint density at radius 1 is 1.08 bits per heavy atom. The Bertz CT molecular complexity index is 1260. The zero-order chi connectivity index (χ0) is 27.1. The van der Waals surface area contributed by atoms with E-state index in [4.69, 9.17) is 0 Å². The van der Waals surface area contributed by atoms with Crippen molar-refractivity contribution in [3.8, 4) is 5.75 Å². The van der Waals surface area contributed by atoms with E-state index in [0.29, 0.717) is 43.0 Å². The van der Waals surface area contributed by atoms with Gasteiger partial charge in [0.15, 0.2) is 5.75 Å². The zero-order valence-electron chi connectivity index (χ0n) is 22.0. The highest BCUT2D eigenvalue weighted by molar-refractivity contribution is 6.45. The number of fused-ring (bicyclic) bond motifs is 1. The van der Waals surface area contributed by atoms with Crippen molar-refractivity contribution in [1.29, 1.82) is 0 Å². The molecule has 0 aliphatic carbocycles. The standard InChI is InChI=1S/C29H36N4O5/c1-3-32(4-2)15-12-30-28(35)27(34)24-19-31-25-18-26(38-37)23(17-22(24)25)29(36)33-13-10-21(11-14-33)16-20-8-6-5-7-9-20/h5-9,17-19,21,31,37H,3-4,10-16H2,1-2H3,(H,30,35). The summed E-state index contributed by atoms with van der Waals surface area (Å²) in [5, 5.41) is 12.6. The lowest BCUT2D eigenvalue weighted by atomic mass is 9.90. The van der Waals surface area contributed by atoms with Gasteiger partial charge in [-0.3, -0.25) is 14.4 Å². The molecule has 0 spiro atoms. The number of piperidine rings is 1. The Balaban J connectivity index is 1.46. The SMILES string of the molecule is CCN(CC)CCNC(=O)C(=O)c1c[nH]c2cc(OO)c(C(=O)N3CCC(Cc4ccccc4)CC3)cc12. The molecule has 4 rings (SSSR count). The topological polar surface area (TPSA) is 115 Å². The van der Waals surface area contributed by atoms with Gasteiger partial charge in [-0.1, -0.05) is 44.2 Å². The maximum absolute atomic E-state index is 13.4. The summed E-state index contributed by atoms with van der Waals surface area (Å²) in [7, 11) is 0. The molecule has 0 atom stereocenters. The zero-order valence-corrected chi connectivity index (χ0v) is 22.0. The summed E-state index contributed by atoms with van der Waals surface area (Å²) in [6, 6.07) is 13.3. The number of aromatic amines is 1. The molecule has 0 radical (unpaired) electrons. The Morgan fingerprint density at radius 2 is 1.79 bits per heavy atom. The molecular weight excluding hydrogens is 484 g/mol. The molecule has 3 N–H and O–H groups in total. The second-order valence-corrected chi connectivity index (χ2v) is 9.72. The summed E-state index contributed by atoms with van der Waals surface area (Å²) < 4.78 is 0. The number of likely N-dealkylation sites (N-methyl/N-ethyl adjacent to an activating group) is 1. The smallest absolute Gasteiger partial charge is 0.292 e. The Kier molecular flexibility index (Phi) is 9.15. The number of H-pyrrole nitrogens is 1. The Hall–Kier alpha value is -3.69. The molecular formula is C29H36N4O5. The van der Waals surface area contributed by atoms with Gasteiger partial charge >= 0.3 is 0 Å². The van der Waals surface area contributed by atoms with Crippen molar-refractivity contribution in [2.45, 2.75) is 33.1 Å². The third-order valence-corrected chi connectivity index (χ3v) is 7.44. The van der Waals surface area contributed by atoms with Crippen LogP contribution in [0.2, 0.25) is 0 Å². The summed E-state index contributed by atoms with van der Waals surface area (Å²) in [4.78, 5) is 50.3. The van der Waals surface area contributed by atoms with Crippen LogP contribution in [0.15, 0.2) is 48.7 Å². The molecule has 0 saturated carbocycles. The van der Waals surface area contributed by atoms with Crippen LogP contribution in [-0.4, -0.2) is 76.9 Å². The summed E-state index contributed by atoms with van der Waals surface area (Å²) in [5.74, 6) is -1.18. The molecule has 1 aliphatic rings. The average Bonchev–Trinajstić information content (AvgIpc) is 3.37. The number of Topliss-reactive ketones (excluding diaryl/α,β-unsaturated/α-hetero) is 1. The van der Waals surface area contributed by atoms with Crippen LogP contribution in [-0.2, 0) is 11.2 Å². The number of carbonyl (C=O) groups is 3. The summed E-state index contributed by atoms with van der Waals surface area (Å²) in [6.07, 6.45) is 4.17. The van der Waals surface area contributed by atoms with Gasteiger partial charge in [-0.2, -0.15) is 0 Å². The number of benzene rings is 2. The number of nitrogens with one attached hydrogen (secondary N) is 2. The molecule has 1 aliphatic heterocycles. The first kappa shape index (κ1) is 27.3. The lowest BCUT2D eigenvalue weighted by molar-refractivity contribution is -0.138. The van der Waals surface area contributed by atoms with E-state index in [1.54, 1.807) is 4.90 Å². The predicted octanol–water partition coefficient (Wildman–Crippen LogP) is 3.76. The van der Waals surface area contributed by atoms with Crippen LogP contribution >= 0.6 is 0 Å². The maximum Gasteiger partial charge on any atom is 0.292 e. The normalized spacial score (nSPS) is 14.2. The minimum Gasteiger partial charge on any atom is -0.360 e. The van der Waals surface area contributed by atoms with E-state index < -0.39 is 11.7 Å². The van der Waals surface area contributed by atoms with Gasteiger partial charge in [0.1, 0.15) is 0 Å². The molecule has 1 fully saturated rings. The van der Waals surface area contributed by atoms with Gasteiger partial charge in [0.2, 0.25) is 0 Å². The van der Waals surface area contributed by atoms with Crippen molar-refractivity contribution in [3.63, 3.8) is 0 Å². The second-order valence-electron chi connectivity index (χ2n) is 9.72. The molecule has 202 valence electrons. The summed E-state index contributed by atoms with van der Waals surface area (Å²) in [5.41, 5.74) is 2.09. The number of likely N-dealkylation sites (tertiary alicyclic amines) is 1. The summed E-state index contributed by atoms with van der Waals surface area (Å²) in [6.45, 7) is 8.00.